The number of alkyl halides is 1. The van der Waals surface area contributed by atoms with Crippen LogP contribution in [0.25, 0.3) is 0 Å². The third-order valence-corrected chi connectivity index (χ3v) is 2.19. The van der Waals surface area contributed by atoms with E-state index in [1.165, 1.54) is 12.1 Å². The van der Waals surface area contributed by atoms with Gasteiger partial charge in [-0.2, -0.15) is 0 Å². The molecule has 0 fully saturated rings. The smallest absolute Gasteiger partial charge is 0.320 e. The van der Waals surface area contributed by atoms with Crippen LogP contribution in [0.3, 0.4) is 0 Å². The standard InChI is InChI=1S/C11H14FNO3/c12-2-1-7-3-8(5-9(14)4-7)6-10(13)11(15)16/h3-5,10,14H,1-2,6,13H2,(H,15,16)/i12-1. The number of phenolic OH excluding ortho intramolecular Hbond substituents is 1. The minimum atomic E-state index is -1.10. The summed E-state index contributed by atoms with van der Waals surface area (Å²) >= 11 is 0. The van der Waals surface area contributed by atoms with Crippen LogP contribution in [0.1, 0.15) is 11.1 Å². The molecule has 0 aliphatic heterocycles. The number of aliphatic carboxylic acids is 1. The number of hydrogen-bond donors (Lipinski definition) is 3. The van der Waals surface area contributed by atoms with Crippen LogP contribution in [-0.4, -0.2) is 28.9 Å². The topological polar surface area (TPSA) is 83.5 Å². The van der Waals surface area contributed by atoms with Crippen molar-refractivity contribution in [3.63, 3.8) is 0 Å². The number of carbonyl (C=O) groups is 1. The van der Waals surface area contributed by atoms with Crippen LogP contribution in [0, 0.1) is 0 Å². The lowest BCUT2D eigenvalue weighted by Gasteiger charge is -2.08. The Kier molecular flexibility index (Phi) is 4.25. The van der Waals surface area contributed by atoms with E-state index in [0.717, 1.165) is 0 Å². The third-order valence-electron chi connectivity index (χ3n) is 2.19. The fraction of sp³-hybridized carbons (Fsp3) is 0.364. The first-order valence-electron chi connectivity index (χ1n) is 4.89. The minimum absolute atomic E-state index is 0.00135. The van der Waals surface area contributed by atoms with E-state index in [0.29, 0.717) is 11.1 Å². The average Bonchev–Trinajstić information content (AvgIpc) is 2.16. The van der Waals surface area contributed by atoms with Gasteiger partial charge in [-0.25, -0.2) is 0 Å². The van der Waals surface area contributed by atoms with E-state index in [9.17, 15) is 14.3 Å². The normalized spacial score (nSPS) is 12.4. The molecule has 1 aromatic rings. The first kappa shape index (κ1) is 12.4. The van der Waals surface area contributed by atoms with Gasteiger partial charge < -0.3 is 15.9 Å². The summed E-state index contributed by atoms with van der Waals surface area (Å²) in [6.07, 6.45) is 0.312. The van der Waals surface area contributed by atoms with Gasteiger partial charge in [0, 0.05) is 6.42 Å². The van der Waals surface area contributed by atoms with E-state index >= 15 is 0 Å². The Morgan fingerprint density at radius 2 is 2.00 bits per heavy atom. The molecule has 0 aliphatic rings. The van der Waals surface area contributed by atoms with Gasteiger partial charge in [0.2, 0.25) is 0 Å². The Labute approximate surface area is 92.5 Å². The highest BCUT2D eigenvalue weighted by Crippen LogP contribution is 2.17. The number of aryl methyl sites for hydroxylation is 1. The summed E-state index contributed by atoms with van der Waals surface area (Å²) in [4.78, 5) is 10.6. The second kappa shape index (κ2) is 5.46. The molecule has 1 aromatic carbocycles. The van der Waals surface area contributed by atoms with Crippen LogP contribution < -0.4 is 5.73 Å². The molecule has 16 heavy (non-hydrogen) atoms. The number of rotatable bonds is 5. The van der Waals surface area contributed by atoms with Crippen LogP contribution in [0.15, 0.2) is 18.2 Å². The molecule has 1 atom stereocenters. The Hall–Kier alpha value is -1.62. The Morgan fingerprint density at radius 1 is 1.38 bits per heavy atom. The Balaban J connectivity index is 2.83. The molecule has 0 radical (unpaired) electrons. The van der Waals surface area contributed by atoms with Crippen molar-refractivity contribution in [2.45, 2.75) is 18.9 Å². The molecule has 1 rings (SSSR count). The highest BCUT2D eigenvalue weighted by atomic mass is 18.2. The Bertz CT molecular complexity index is 381. The summed E-state index contributed by atoms with van der Waals surface area (Å²) in [5.41, 5.74) is 6.60. The lowest BCUT2D eigenvalue weighted by atomic mass is 10.0. The van der Waals surface area contributed by atoms with E-state index < -0.39 is 18.7 Å². The molecular weight excluding hydrogens is 212 g/mol. The maximum absolute atomic E-state index is 12.1. The molecule has 1 unspecified atom stereocenters. The summed E-state index contributed by atoms with van der Waals surface area (Å²) in [6, 6.07) is 3.53. The number of phenols is 1. The molecule has 4 N–H and O–H groups in total. The van der Waals surface area contributed by atoms with Gasteiger partial charge in [-0.05, 0) is 29.7 Å². The lowest BCUT2D eigenvalue weighted by Crippen LogP contribution is -2.32. The highest BCUT2D eigenvalue weighted by Gasteiger charge is 2.13. The van der Waals surface area contributed by atoms with Gasteiger partial charge >= 0.3 is 5.97 Å². The molecule has 88 valence electrons. The minimum Gasteiger partial charge on any atom is -0.508 e. The first-order valence-corrected chi connectivity index (χ1v) is 4.89. The van der Waals surface area contributed by atoms with Crippen LogP contribution in [-0.2, 0) is 17.6 Å². The number of nitrogens with two attached hydrogens (primary N) is 1. The van der Waals surface area contributed by atoms with Crippen molar-refractivity contribution in [2.24, 2.45) is 5.73 Å². The largest absolute Gasteiger partial charge is 0.508 e. The van der Waals surface area contributed by atoms with Crippen molar-refractivity contribution in [1.29, 1.82) is 0 Å². The number of halogens is 1. The highest BCUT2D eigenvalue weighted by molar-refractivity contribution is 5.73. The van der Waals surface area contributed by atoms with E-state index in [1.54, 1.807) is 6.07 Å². The van der Waals surface area contributed by atoms with Crippen LogP contribution >= 0.6 is 0 Å². The van der Waals surface area contributed by atoms with E-state index in [4.69, 9.17) is 10.8 Å². The van der Waals surface area contributed by atoms with Crippen LogP contribution in [0.5, 0.6) is 5.75 Å². The van der Waals surface area contributed by atoms with Crippen molar-refractivity contribution in [3.05, 3.63) is 29.3 Å². The fourth-order valence-electron chi connectivity index (χ4n) is 1.46. The summed E-state index contributed by atoms with van der Waals surface area (Å²) in [7, 11) is 0. The molecule has 0 spiro atoms. The maximum Gasteiger partial charge on any atom is 0.320 e. The average molecular weight is 226 g/mol. The summed E-state index contributed by atoms with van der Waals surface area (Å²) in [5.74, 6) is -1.10. The van der Waals surface area contributed by atoms with E-state index in [-0.39, 0.29) is 18.6 Å². The predicted molar refractivity (Wildman–Crippen MR) is 57.1 cm³/mol. The molecule has 0 amide bonds. The zero-order chi connectivity index (χ0) is 12.1. The molecule has 0 saturated carbocycles. The van der Waals surface area contributed by atoms with Crippen LogP contribution in [0.4, 0.5) is 4.39 Å². The van der Waals surface area contributed by atoms with Crippen LogP contribution in [0.2, 0.25) is 0 Å². The van der Waals surface area contributed by atoms with Crippen molar-refractivity contribution < 1.29 is 19.4 Å². The monoisotopic (exact) mass is 226 g/mol. The van der Waals surface area contributed by atoms with Gasteiger partial charge in [-0.3, -0.25) is 9.18 Å². The zero-order valence-electron chi connectivity index (χ0n) is 8.69. The number of carboxylic acids is 1. The fourth-order valence-corrected chi connectivity index (χ4v) is 1.46. The van der Waals surface area contributed by atoms with E-state index in [1.807, 2.05) is 0 Å². The number of hydrogen-bond acceptors (Lipinski definition) is 3. The van der Waals surface area contributed by atoms with Crippen molar-refractivity contribution in [1.82, 2.24) is 0 Å². The Morgan fingerprint density at radius 3 is 2.56 bits per heavy atom. The molecule has 0 bridgehead atoms. The quantitative estimate of drug-likeness (QED) is 0.695. The number of benzene rings is 1. The summed E-state index contributed by atoms with van der Waals surface area (Å²) in [6.45, 7) is -0.520. The predicted octanol–water partition coefficient (Wildman–Crippen LogP) is 0.859. The van der Waals surface area contributed by atoms with E-state index in [2.05, 4.69) is 0 Å². The molecule has 0 saturated heterocycles. The van der Waals surface area contributed by atoms with Gasteiger partial charge in [0.05, 0.1) is 6.67 Å². The molecule has 4 nitrogen and oxygen atoms in total. The zero-order valence-corrected chi connectivity index (χ0v) is 8.69. The SMILES string of the molecule is NC(Cc1cc(O)cc(CC[18F])c1)C(=O)O. The van der Waals surface area contributed by atoms with Crippen molar-refractivity contribution >= 4 is 5.97 Å². The molecule has 0 aromatic heterocycles. The second-order valence-corrected chi connectivity index (χ2v) is 3.60. The van der Waals surface area contributed by atoms with Gasteiger partial charge in [-0.15, -0.1) is 0 Å². The summed E-state index contributed by atoms with van der Waals surface area (Å²) in [5, 5.41) is 18.0. The van der Waals surface area contributed by atoms with Gasteiger partial charge in [0.1, 0.15) is 11.8 Å². The molecule has 0 heterocycles. The number of aromatic hydroxyl groups is 1. The van der Waals surface area contributed by atoms with Gasteiger partial charge in [0.25, 0.3) is 0 Å². The number of carboxylic acid groups (broad SMARTS) is 1. The van der Waals surface area contributed by atoms with Crippen molar-refractivity contribution in [2.75, 3.05) is 6.67 Å². The third kappa shape index (κ3) is 3.51. The van der Waals surface area contributed by atoms with Crippen molar-refractivity contribution in [3.8, 4) is 5.75 Å². The lowest BCUT2D eigenvalue weighted by molar-refractivity contribution is -0.138. The molecule has 5 heteroatoms. The molecular formula is C11H14FNO3. The maximum atomic E-state index is 12.1. The van der Waals surface area contributed by atoms with Gasteiger partial charge in [0.15, 0.2) is 0 Å². The van der Waals surface area contributed by atoms with Gasteiger partial charge in [-0.1, -0.05) is 6.07 Å². The second-order valence-electron chi connectivity index (χ2n) is 3.60. The molecule has 0 aliphatic carbocycles. The summed E-state index contributed by atoms with van der Waals surface area (Å²) < 4.78 is 12.1. The first-order chi connectivity index (χ1) is 7.52.